The summed E-state index contributed by atoms with van der Waals surface area (Å²) in [7, 11) is 1.61. The molecule has 5 heteroatoms. The fraction of sp³-hybridized carbons (Fsp3) is 0.471. The van der Waals surface area contributed by atoms with E-state index < -0.39 is 0 Å². The van der Waals surface area contributed by atoms with Gasteiger partial charge >= 0.3 is 0 Å². The number of carbonyl (C=O) groups is 1. The van der Waals surface area contributed by atoms with E-state index in [2.05, 4.69) is 6.92 Å². The topological polar surface area (TPSA) is 64.8 Å². The van der Waals surface area contributed by atoms with Crippen molar-refractivity contribution in [3.63, 3.8) is 0 Å². The Hall–Kier alpha value is -2.01. The number of rotatable bonds is 6. The van der Waals surface area contributed by atoms with Crippen LogP contribution in [0.3, 0.4) is 0 Å². The van der Waals surface area contributed by atoms with Crippen molar-refractivity contribution in [1.29, 1.82) is 0 Å². The zero-order chi connectivity index (χ0) is 15.9. The minimum absolute atomic E-state index is 0.00164. The smallest absolute Gasteiger partial charge is 0.246 e. The SMILES string of the molecule is CCCOc1ccc(/C=C/C(=O)N2CC[C@@H](N)C2)cc1OC. The molecule has 1 heterocycles. The van der Waals surface area contributed by atoms with E-state index in [0.29, 0.717) is 18.9 Å². The molecule has 2 rings (SSSR count). The predicted molar refractivity (Wildman–Crippen MR) is 87.0 cm³/mol. The number of methoxy groups -OCH3 is 1. The van der Waals surface area contributed by atoms with E-state index in [1.54, 1.807) is 24.2 Å². The second-order valence-electron chi connectivity index (χ2n) is 5.43. The van der Waals surface area contributed by atoms with Gasteiger partial charge in [0.25, 0.3) is 0 Å². The third kappa shape index (κ3) is 4.24. The molecule has 1 aromatic rings. The lowest BCUT2D eigenvalue weighted by Crippen LogP contribution is -2.30. The van der Waals surface area contributed by atoms with Crippen molar-refractivity contribution in [3.05, 3.63) is 29.8 Å². The quantitative estimate of drug-likeness (QED) is 0.817. The second kappa shape index (κ2) is 7.84. The Balaban J connectivity index is 2.02. The van der Waals surface area contributed by atoms with Crippen molar-refractivity contribution < 1.29 is 14.3 Å². The molecule has 5 nitrogen and oxygen atoms in total. The Kier molecular flexibility index (Phi) is 5.83. The highest BCUT2D eigenvalue weighted by Crippen LogP contribution is 2.28. The van der Waals surface area contributed by atoms with Gasteiger partial charge < -0.3 is 20.1 Å². The molecule has 0 aliphatic carbocycles. The van der Waals surface area contributed by atoms with Crippen LogP contribution in [0, 0.1) is 0 Å². The van der Waals surface area contributed by atoms with Crippen LogP contribution in [0.1, 0.15) is 25.3 Å². The zero-order valence-electron chi connectivity index (χ0n) is 13.2. The van der Waals surface area contributed by atoms with Gasteiger partial charge in [-0.25, -0.2) is 0 Å². The van der Waals surface area contributed by atoms with Crippen LogP contribution in [0.15, 0.2) is 24.3 Å². The first kappa shape index (κ1) is 16.4. The molecule has 120 valence electrons. The van der Waals surface area contributed by atoms with E-state index in [1.165, 1.54) is 0 Å². The first-order valence-corrected chi connectivity index (χ1v) is 7.67. The summed E-state index contributed by atoms with van der Waals surface area (Å²) in [5.41, 5.74) is 6.72. The zero-order valence-corrected chi connectivity index (χ0v) is 13.2. The van der Waals surface area contributed by atoms with E-state index in [1.807, 2.05) is 18.2 Å². The summed E-state index contributed by atoms with van der Waals surface area (Å²) in [6.45, 7) is 4.08. The number of amides is 1. The number of ether oxygens (including phenoxy) is 2. The summed E-state index contributed by atoms with van der Waals surface area (Å²) in [5.74, 6) is 1.39. The van der Waals surface area contributed by atoms with E-state index in [4.69, 9.17) is 15.2 Å². The molecule has 0 spiro atoms. The van der Waals surface area contributed by atoms with Crippen LogP contribution in [0.4, 0.5) is 0 Å². The highest BCUT2D eigenvalue weighted by atomic mass is 16.5. The lowest BCUT2D eigenvalue weighted by Gasteiger charge is -2.13. The second-order valence-corrected chi connectivity index (χ2v) is 5.43. The molecule has 1 aliphatic heterocycles. The van der Waals surface area contributed by atoms with E-state index in [-0.39, 0.29) is 11.9 Å². The number of nitrogens with two attached hydrogens (primary N) is 1. The normalized spacial score (nSPS) is 18.0. The Morgan fingerprint density at radius 1 is 1.45 bits per heavy atom. The first-order chi connectivity index (χ1) is 10.6. The van der Waals surface area contributed by atoms with Gasteiger partial charge in [-0.1, -0.05) is 13.0 Å². The van der Waals surface area contributed by atoms with Crippen LogP contribution >= 0.6 is 0 Å². The summed E-state index contributed by atoms with van der Waals surface area (Å²) >= 11 is 0. The van der Waals surface area contributed by atoms with Gasteiger partial charge in [0.15, 0.2) is 11.5 Å². The number of carbonyl (C=O) groups excluding carboxylic acids is 1. The van der Waals surface area contributed by atoms with E-state index in [0.717, 1.165) is 30.7 Å². The fourth-order valence-corrected chi connectivity index (χ4v) is 2.38. The largest absolute Gasteiger partial charge is 0.493 e. The summed E-state index contributed by atoms with van der Waals surface area (Å²) in [6, 6.07) is 5.74. The molecule has 1 fully saturated rings. The molecule has 0 saturated carbocycles. The number of benzene rings is 1. The maximum atomic E-state index is 12.1. The number of hydrogen-bond acceptors (Lipinski definition) is 4. The van der Waals surface area contributed by atoms with Crippen LogP contribution in [-0.4, -0.2) is 43.7 Å². The number of likely N-dealkylation sites (tertiary alicyclic amines) is 1. The molecular formula is C17H24N2O3. The Labute approximate surface area is 131 Å². The van der Waals surface area contributed by atoms with Crippen LogP contribution < -0.4 is 15.2 Å². The molecule has 1 saturated heterocycles. The lowest BCUT2D eigenvalue weighted by molar-refractivity contribution is -0.124. The van der Waals surface area contributed by atoms with Crippen molar-refractivity contribution in [3.8, 4) is 11.5 Å². The van der Waals surface area contributed by atoms with Gasteiger partial charge in [0.2, 0.25) is 5.91 Å². The highest BCUT2D eigenvalue weighted by molar-refractivity contribution is 5.92. The standard InChI is InChI=1S/C17H24N2O3/c1-3-10-22-15-6-4-13(11-16(15)21-2)5-7-17(20)19-9-8-14(18)12-19/h4-7,11,14H,3,8-10,12,18H2,1-2H3/b7-5+/t14-/m1/s1. The molecule has 1 amide bonds. The van der Waals surface area contributed by atoms with Crippen molar-refractivity contribution in [2.24, 2.45) is 5.73 Å². The summed E-state index contributed by atoms with van der Waals surface area (Å²) in [5, 5.41) is 0. The van der Waals surface area contributed by atoms with Gasteiger partial charge in [0.05, 0.1) is 13.7 Å². The van der Waals surface area contributed by atoms with Gasteiger partial charge in [-0.2, -0.15) is 0 Å². The minimum atomic E-state index is -0.00164. The highest BCUT2D eigenvalue weighted by Gasteiger charge is 2.21. The predicted octanol–water partition coefficient (Wildman–Crippen LogP) is 2.06. The average Bonchev–Trinajstić information content (AvgIpc) is 2.97. The van der Waals surface area contributed by atoms with Crippen molar-refractivity contribution in [1.82, 2.24) is 4.90 Å². The minimum Gasteiger partial charge on any atom is -0.493 e. The maximum Gasteiger partial charge on any atom is 0.246 e. The molecule has 0 unspecified atom stereocenters. The third-order valence-corrected chi connectivity index (χ3v) is 3.60. The fourth-order valence-electron chi connectivity index (χ4n) is 2.38. The Bertz CT molecular complexity index is 543. The van der Waals surface area contributed by atoms with Crippen LogP contribution in [0.5, 0.6) is 11.5 Å². The van der Waals surface area contributed by atoms with Gasteiger partial charge in [0, 0.05) is 25.2 Å². The van der Waals surface area contributed by atoms with Crippen LogP contribution in [-0.2, 0) is 4.79 Å². The van der Waals surface area contributed by atoms with Crippen molar-refractivity contribution >= 4 is 12.0 Å². The van der Waals surface area contributed by atoms with E-state index in [9.17, 15) is 4.79 Å². The number of hydrogen-bond donors (Lipinski definition) is 1. The van der Waals surface area contributed by atoms with Crippen LogP contribution in [0.25, 0.3) is 6.08 Å². The molecule has 1 atom stereocenters. The molecule has 1 aromatic carbocycles. The molecule has 0 bridgehead atoms. The Morgan fingerprint density at radius 2 is 2.27 bits per heavy atom. The maximum absolute atomic E-state index is 12.1. The molecule has 0 aromatic heterocycles. The van der Waals surface area contributed by atoms with Gasteiger partial charge in [-0.15, -0.1) is 0 Å². The molecule has 0 radical (unpaired) electrons. The van der Waals surface area contributed by atoms with Crippen molar-refractivity contribution in [2.75, 3.05) is 26.8 Å². The van der Waals surface area contributed by atoms with Gasteiger partial charge in [-0.05, 0) is 36.6 Å². The molecular weight excluding hydrogens is 280 g/mol. The molecule has 1 aliphatic rings. The average molecular weight is 304 g/mol. The first-order valence-electron chi connectivity index (χ1n) is 7.67. The van der Waals surface area contributed by atoms with Crippen LogP contribution in [0.2, 0.25) is 0 Å². The summed E-state index contributed by atoms with van der Waals surface area (Å²) < 4.78 is 10.9. The monoisotopic (exact) mass is 304 g/mol. The Morgan fingerprint density at radius 3 is 2.91 bits per heavy atom. The lowest BCUT2D eigenvalue weighted by atomic mass is 10.2. The summed E-state index contributed by atoms with van der Waals surface area (Å²) in [6.07, 6.45) is 5.19. The molecule has 2 N–H and O–H groups in total. The van der Waals surface area contributed by atoms with Gasteiger partial charge in [0.1, 0.15) is 0 Å². The van der Waals surface area contributed by atoms with Gasteiger partial charge in [-0.3, -0.25) is 4.79 Å². The molecule has 22 heavy (non-hydrogen) atoms. The number of nitrogens with zero attached hydrogens (tertiary/aromatic N) is 1. The van der Waals surface area contributed by atoms with Crippen molar-refractivity contribution in [2.45, 2.75) is 25.8 Å². The summed E-state index contributed by atoms with van der Waals surface area (Å²) in [4.78, 5) is 13.8. The van der Waals surface area contributed by atoms with E-state index >= 15 is 0 Å². The third-order valence-electron chi connectivity index (χ3n) is 3.60.